The van der Waals surface area contributed by atoms with Crippen LogP contribution in [0.2, 0.25) is 0 Å². The van der Waals surface area contributed by atoms with Crippen molar-refractivity contribution >= 4 is 11.6 Å². The molecule has 0 fully saturated rings. The summed E-state index contributed by atoms with van der Waals surface area (Å²) in [7, 11) is 0. The molecule has 5 nitrogen and oxygen atoms in total. The van der Waals surface area contributed by atoms with Gasteiger partial charge in [0, 0.05) is 30.1 Å². The van der Waals surface area contributed by atoms with Crippen molar-refractivity contribution in [2.75, 3.05) is 11.5 Å². The van der Waals surface area contributed by atoms with Crippen LogP contribution in [0.4, 0.5) is 5.69 Å². The molecule has 0 saturated carbocycles. The Bertz CT molecular complexity index is 943. The van der Waals surface area contributed by atoms with Gasteiger partial charge in [0.25, 0.3) is 5.91 Å². The van der Waals surface area contributed by atoms with E-state index in [1.807, 2.05) is 47.4 Å². The molecular formula is C22H20N2O3. The quantitative estimate of drug-likeness (QED) is 0.683. The fourth-order valence-electron chi connectivity index (χ4n) is 3.32. The highest BCUT2D eigenvalue weighted by Crippen LogP contribution is 2.32. The topological polar surface area (TPSA) is 51.7 Å². The number of benzene rings is 2. The summed E-state index contributed by atoms with van der Waals surface area (Å²) in [5, 5.41) is 0. The van der Waals surface area contributed by atoms with Gasteiger partial charge in [-0.2, -0.15) is 0 Å². The summed E-state index contributed by atoms with van der Waals surface area (Å²) in [6, 6.07) is 20.8. The number of aromatic nitrogens is 1. The zero-order valence-electron chi connectivity index (χ0n) is 15.0. The fraction of sp³-hybridized carbons (Fsp3) is 0.182. The molecule has 0 saturated heterocycles. The first-order valence-electron chi connectivity index (χ1n) is 8.92. The van der Waals surface area contributed by atoms with Gasteiger partial charge in [-0.25, -0.2) is 4.98 Å². The van der Waals surface area contributed by atoms with E-state index in [0.717, 1.165) is 12.1 Å². The average Bonchev–Trinajstić information content (AvgIpc) is 3.03. The van der Waals surface area contributed by atoms with Crippen molar-refractivity contribution in [3.8, 4) is 17.4 Å². The van der Waals surface area contributed by atoms with Gasteiger partial charge in [0.2, 0.25) is 5.88 Å². The minimum absolute atomic E-state index is 0.0221. The summed E-state index contributed by atoms with van der Waals surface area (Å²) in [6.45, 7) is 2.03. The number of para-hydroxylation sites is 1. The monoisotopic (exact) mass is 360 g/mol. The van der Waals surface area contributed by atoms with Crippen LogP contribution in [-0.2, 0) is 11.2 Å². The van der Waals surface area contributed by atoms with E-state index in [4.69, 9.17) is 9.47 Å². The molecule has 27 heavy (non-hydrogen) atoms. The number of hydrogen-bond donors (Lipinski definition) is 0. The van der Waals surface area contributed by atoms with Crippen LogP contribution in [0.25, 0.3) is 0 Å². The molecule has 1 atom stereocenters. The maximum atomic E-state index is 12.7. The minimum Gasteiger partial charge on any atom is -0.484 e. The number of carbonyl (C=O) groups excluding carboxylic acids is 1. The molecule has 3 aromatic rings. The molecule has 2 heterocycles. The number of amides is 1. The Kier molecular flexibility index (Phi) is 4.75. The summed E-state index contributed by atoms with van der Waals surface area (Å²) >= 11 is 0. The van der Waals surface area contributed by atoms with Crippen molar-refractivity contribution in [1.82, 2.24) is 4.98 Å². The van der Waals surface area contributed by atoms with Crippen molar-refractivity contribution in [3.63, 3.8) is 0 Å². The lowest BCUT2D eigenvalue weighted by atomic mass is 10.1. The van der Waals surface area contributed by atoms with Crippen molar-refractivity contribution in [1.29, 1.82) is 0 Å². The normalized spacial score (nSPS) is 15.3. The molecule has 136 valence electrons. The zero-order chi connectivity index (χ0) is 18.6. The summed E-state index contributed by atoms with van der Waals surface area (Å²) in [4.78, 5) is 18.7. The molecule has 1 amide bonds. The summed E-state index contributed by atoms with van der Waals surface area (Å²) in [5.74, 6) is 1.65. The second-order valence-electron chi connectivity index (χ2n) is 6.48. The standard InChI is InChI=1S/C22H20N2O3/c1-16-13-17-7-2-3-10-20(17)24(16)22(25)15-26-18-8-6-9-19(14-18)27-21-11-4-5-12-23-21/h2-12,14,16H,13,15H2,1H3/t16-/m0/s1. The third kappa shape index (κ3) is 3.77. The largest absolute Gasteiger partial charge is 0.484 e. The zero-order valence-corrected chi connectivity index (χ0v) is 15.0. The molecule has 0 unspecified atom stereocenters. The summed E-state index contributed by atoms with van der Waals surface area (Å²) < 4.78 is 11.4. The van der Waals surface area contributed by atoms with E-state index in [1.54, 1.807) is 24.4 Å². The SMILES string of the molecule is C[C@H]1Cc2ccccc2N1C(=O)COc1cccc(Oc2ccccn2)c1. The number of rotatable bonds is 5. The van der Waals surface area contributed by atoms with Crippen LogP contribution in [0.5, 0.6) is 17.4 Å². The molecular weight excluding hydrogens is 340 g/mol. The molecule has 1 aliphatic rings. The highest BCUT2D eigenvalue weighted by Gasteiger charge is 2.30. The number of nitrogens with zero attached hydrogens (tertiary/aromatic N) is 2. The van der Waals surface area contributed by atoms with Crippen molar-refractivity contribution in [2.24, 2.45) is 0 Å². The van der Waals surface area contributed by atoms with Gasteiger partial charge in [-0.3, -0.25) is 4.79 Å². The van der Waals surface area contributed by atoms with Gasteiger partial charge in [-0.15, -0.1) is 0 Å². The van der Waals surface area contributed by atoms with Crippen LogP contribution < -0.4 is 14.4 Å². The smallest absolute Gasteiger partial charge is 0.265 e. The molecule has 0 radical (unpaired) electrons. The second kappa shape index (κ2) is 7.50. The number of hydrogen-bond acceptors (Lipinski definition) is 4. The lowest BCUT2D eigenvalue weighted by molar-refractivity contribution is -0.120. The van der Waals surface area contributed by atoms with Crippen LogP contribution in [0.15, 0.2) is 72.9 Å². The predicted octanol–water partition coefficient (Wildman–Crippen LogP) is 4.23. The Hall–Kier alpha value is -3.34. The van der Waals surface area contributed by atoms with Crippen molar-refractivity contribution in [3.05, 3.63) is 78.5 Å². The van der Waals surface area contributed by atoms with Crippen LogP contribution >= 0.6 is 0 Å². The van der Waals surface area contributed by atoms with Crippen LogP contribution in [0.3, 0.4) is 0 Å². The molecule has 5 heteroatoms. The van der Waals surface area contributed by atoms with Gasteiger partial charge in [-0.05, 0) is 43.2 Å². The Labute approximate surface area is 158 Å². The van der Waals surface area contributed by atoms with E-state index < -0.39 is 0 Å². The number of anilines is 1. The molecule has 0 spiro atoms. The molecule has 0 N–H and O–H groups in total. The molecule has 1 aliphatic heterocycles. The van der Waals surface area contributed by atoms with Crippen molar-refractivity contribution in [2.45, 2.75) is 19.4 Å². The summed E-state index contributed by atoms with van der Waals surface area (Å²) in [6.07, 6.45) is 2.54. The van der Waals surface area contributed by atoms with Gasteiger partial charge in [0.15, 0.2) is 6.61 Å². The maximum Gasteiger partial charge on any atom is 0.265 e. The van der Waals surface area contributed by atoms with E-state index in [0.29, 0.717) is 17.4 Å². The molecule has 2 aromatic carbocycles. The lowest BCUT2D eigenvalue weighted by Gasteiger charge is -2.22. The third-order valence-electron chi connectivity index (χ3n) is 4.50. The van der Waals surface area contributed by atoms with Crippen LogP contribution in [0, 0.1) is 0 Å². The molecule has 4 rings (SSSR count). The highest BCUT2D eigenvalue weighted by molar-refractivity contribution is 5.97. The van der Waals surface area contributed by atoms with Crippen LogP contribution in [-0.4, -0.2) is 23.5 Å². The van der Waals surface area contributed by atoms with E-state index in [9.17, 15) is 4.79 Å². The first kappa shape index (κ1) is 17.1. The van der Waals surface area contributed by atoms with Gasteiger partial charge < -0.3 is 14.4 Å². The van der Waals surface area contributed by atoms with Gasteiger partial charge >= 0.3 is 0 Å². The van der Waals surface area contributed by atoms with Gasteiger partial charge in [0.05, 0.1) is 0 Å². The van der Waals surface area contributed by atoms with Gasteiger partial charge in [0.1, 0.15) is 11.5 Å². The highest BCUT2D eigenvalue weighted by atomic mass is 16.5. The van der Waals surface area contributed by atoms with E-state index >= 15 is 0 Å². The van der Waals surface area contributed by atoms with E-state index in [2.05, 4.69) is 18.0 Å². The van der Waals surface area contributed by atoms with E-state index in [1.165, 1.54) is 5.56 Å². The Morgan fingerprint density at radius 1 is 1.07 bits per heavy atom. The van der Waals surface area contributed by atoms with Crippen molar-refractivity contribution < 1.29 is 14.3 Å². The molecule has 1 aromatic heterocycles. The first-order chi connectivity index (χ1) is 13.2. The predicted molar refractivity (Wildman–Crippen MR) is 103 cm³/mol. The number of pyridine rings is 1. The molecule has 0 bridgehead atoms. The lowest BCUT2D eigenvalue weighted by Crippen LogP contribution is -2.39. The maximum absolute atomic E-state index is 12.7. The van der Waals surface area contributed by atoms with Gasteiger partial charge in [-0.1, -0.05) is 30.3 Å². The molecule has 0 aliphatic carbocycles. The minimum atomic E-state index is -0.0523. The first-order valence-corrected chi connectivity index (χ1v) is 8.92. The Balaban J connectivity index is 1.42. The average molecular weight is 360 g/mol. The number of ether oxygens (including phenoxy) is 2. The Morgan fingerprint density at radius 3 is 2.74 bits per heavy atom. The fourth-order valence-corrected chi connectivity index (χ4v) is 3.32. The Morgan fingerprint density at radius 2 is 1.89 bits per heavy atom. The number of carbonyl (C=O) groups is 1. The van der Waals surface area contributed by atoms with Crippen LogP contribution in [0.1, 0.15) is 12.5 Å². The summed E-state index contributed by atoms with van der Waals surface area (Å²) in [5.41, 5.74) is 2.18. The van der Waals surface area contributed by atoms with E-state index in [-0.39, 0.29) is 18.6 Å². The number of fused-ring (bicyclic) bond motifs is 1. The second-order valence-corrected chi connectivity index (χ2v) is 6.48. The third-order valence-corrected chi connectivity index (χ3v) is 4.50.